The van der Waals surface area contributed by atoms with Crippen LogP contribution in [0.1, 0.15) is 34.8 Å². The number of nitrogens with zero attached hydrogens (tertiary/aromatic N) is 7. The minimum absolute atomic E-state index is 0.159. The van der Waals surface area contributed by atoms with Crippen molar-refractivity contribution in [3.8, 4) is 22.5 Å². The molecule has 13 heteroatoms. The van der Waals surface area contributed by atoms with E-state index in [4.69, 9.17) is 5.26 Å². The third-order valence-corrected chi connectivity index (χ3v) is 6.92. The number of fused-ring (bicyclic) bond motifs is 1. The molecule has 0 aliphatic rings. The van der Waals surface area contributed by atoms with Crippen LogP contribution in [0, 0.1) is 18.3 Å². The molecule has 5 rings (SSSR count). The summed E-state index contributed by atoms with van der Waals surface area (Å²) in [5.74, 6) is -0.205. The lowest BCUT2D eigenvalue weighted by molar-refractivity contribution is -0.00177. The summed E-state index contributed by atoms with van der Waals surface area (Å²) >= 11 is 1.48. The fourth-order valence-electron chi connectivity index (χ4n) is 3.79. The highest BCUT2D eigenvalue weighted by atomic mass is 32.1. The number of benzene rings is 1. The Balaban J connectivity index is 1.49. The number of rotatable bonds is 8. The van der Waals surface area contributed by atoms with Crippen LogP contribution in [-0.4, -0.2) is 59.3 Å². The lowest BCUT2D eigenvalue weighted by atomic mass is 10.0. The molecule has 0 saturated carbocycles. The minimum atomic E-state index is -1.67. The van der Waals surface area contributed by atoms with Gasteiger partial charge in [0.05, 0.1) is 35.2 Å². The summed E-state index contributed by atoms with van der Waals surface area (Å²) in [6, 6.07) is 12.8. The molecular formula is C27H24FN9O2S. The standard InChI is InChI=1S/C27H24FN9O2S/c1-15-35-36-26(40-15)17-4-6-19(7-5-17)34-21-9-23(37-24-18(12-33-37)8-16(10-29)11-31-24)30-13-20(21)25(38)32-14-22(28)27(2,3)39/h4-9,11-13,22,39H,14H2,1-3H3,(H,30,34)(H,32,38)/t22-/m1/s1. The Kier molecular flexibility index (Phi) is 7.20. The Bertz CT molecular complexity index is 1740. The van der Waals surface area contributed by atoms with Crippen LogP contribution < -0.4 is 10.6 Å². The van der Waals surface area contributed by atoms with Crippen molar-refractivity contribution >= 4 is 39.7 Å². The molecule has 3 N–H and O–H groups in total. The molecule has 1 aromatic carbocycles. The second kappa shape index (κ2) is 10.8. The van der Waals surface area contributed by atoms with E-state index in [1.807, 2.05) is 31.2 Å². The highest BCUT2D eigenvalue weighted by Crippen LogP contribution is 2.28. The summed E-state index contributed by atoms with van der Waals surface area (Å²) in [6.45, 7) is 4.18. The lowest BCUT2D eigenvalue weighted by Gasteiger charge is -2.22. The fraction of sp³-hybridized carbons (Fsp3) is 0.222. The molecule has 0 aliphatic carbocycles. The van der Waals surface area contributed by atoms with E-state index in [1.165, 1.54) is 42.3 Å². The van der Waals surface area contributed by atoms with Crippen molar-refractivity contribution < 1.29 is 14.3 Å². The van der Waals surface area contributed by atoms with Gasteiger partial charge in [-0.25, -0.2) is 14.4 Å². The molecule has 4 aromatic heterocycles. The van der Waals surface area contributed by atoms with Crippen LogP contribution in [0.5, 0.6) is 0 Å². The van der Waals surface area contributed by atoms with Gasteiger partial charge in [0.15, 0.2) is 11.5 Å². The maximum absolute atomic E-state index is 14.3. The van der Waals surface area contributed by atoms with Crippen LogP contribution in [0.2, 0.25) is 0 Å². The average molecular weight is 558 g/mol. The number of aliphatic hydroxyl groups is 1. The van der Waals surface area contributed by atoms with E-state index in [9.17, 15) is 14.3 Å². The molecule has 0 saturated heterocycles. The van der Waals surface area contributed by atoms with E-state index in [-0.39, 0.29) is 12.1 Å². The number of nitrogens with one attached hydrogen (secondary N) is 2. The Morgan fingerprint density at radius 1 is 1.18 bits per heavy atom. The van der Waals surface area contributed by atoms with Gasteiger partial charge in [0.1, 0.15) is 22.3 Å². The number of carbonyl (C=O) groups excluding carboxylic acids is 1. The van der Waals surface area contributed by atoms with Gasteiger partial charge in [-0.3, -0.25) is 4.79 Å². The van der Waals surface area contributed by atoms with Crippen molar-refractivity contribution in [1.82, 2.24) is 35.3 Å². The molecule has 0 spiro atoms. The Morgan fingerprint density at radius 2 is 1.95 bits per heavy atom. The van der Waals surface area contributed by atoms with Crippen molar-refractivity contribution in [3.63, 3.8) is 0 Å². The maximum atomic E-state index is 14.3. The molecule has 0 bridgehead atoms. The first kappa shape index (κ1) is 26.8. The van der Waals surface area contributed by atoms with Crippen molar-refractivity contribution in [2.75, 3.05) is 11.9 Å². The van der Waals surface area contributed by atoms with Gasteiger partial charge in [0.25, 0.3) is 5.91 Å². The number of aryl methyl sites for hydroxylation is 1. The largest absolute Gasteiger partial charge is 0.387 e. The highest BCUT2D eigenvalue weighted by Gasteiger charge is 2.27. The van der Waals surface area contributed by atoms with Gasteiger partial charge in [0, 0.05) is 35.1 Å². The molecule has 0 aliphatic heterocycles. The summed E-state index contributed by atoms with van der Waals surface area (Å²) < 4.78 is 15.8. The monoisotopic (exact) mass is 557 g/mol. The van der Waals surface area contributed by atoms with Gasteiger partial charge in [-0.05, 0) is 51.1 Å². The van der Waals surface area contributed by atoms with Gasteiger partial charge in [0.2, 0.25) is 0 Å². The quantitative estimate of drug-likeness (QED) is 0.256. The molecule has 4 heterocycles. The number of carbonyl (C=O) groups is 1. The Morgan fingerprint density at radius 3 is 2.62 bits per heavy atom. The lowest BCUT2D eigenvalue weighted by Crippen LogP contribution is -2.42. The normalized spacial score (nSPS) is 12.2. The molecule has 40 heavy (non-hydrogen) atoms. The highest BCUT2D eigenvalue weighted by molar-refractivity contribution is 7.14. The van der Waals surface area contributed by atoms with E-state index in [1.54, 1.807) is 18.3 Å². The first-order chi connectivity index (χ1) is 19.1. The number of hydrogen-bond donors (Lipinski definition) is 3. The number of alkyl halides is 1. The predicted molar refractivity (Wildman–Crippen MR) is 148 cm³/mol. The molecular weight excluding hydrogens is 533 g/mol. The van der Waals surface area contributed by atoms with Gasteiger partial charge < -0.3 is 15.7 Å². The van der Waals surface area contributed by atoms with Crippen molar-refractivity contribution in [2.24, 2.45) is 0 Å². The van der Waals surface area contributed by atoms with Crippen molar-refractivity contribution in [1.29, 1.82) is 5.26 Å². The Labute approximate surface area is 232 Å². The number of nitriles is 1. The zero-order chi connectivity index (χ0) is 28.4. The van der Waals surface area contributed by atoms with Gasteiger partial charge in [-0.1, -0.05) is 11.3 Å². The van der Waals surface area contributed by atoms with E-state index < -0.39 is 17.7 Å². The number of anilines is 2. The minimum Gasteiger partial charge on any atom is -0.387 e. The van der Waals surface area contributed by atoms with Crippen LogP contribution in [0.25, 0.3) is 27.4 Å². The van der Waals surface area contributed by atoms with E-state index in [0.29, 0.717) is 33.8 Å². The van der Waals surface area contributed by atoms with Crippen LogP contribution in [-0.2, 0) is 0 Å². The first-order valence-corrected chi connectivity index (χ1v) is 13.0. The maximum Gasteiger partial charge on any atom is 0.255 e. The first-order valence-electron chi connectivity index (χ1n) is 12.2. The van der Waals surface area contributed by atoms with Crippen LogP contribution >= 0.6 is 11.3 Å². The number of aromatic nitrogens is 6. The van der Waals surface area contributed by atoms with Crippen LogP contribution in [0.15, 0.2) is 55.0 Å². The second-order valence-electron chi connectivity index (χ2n) is 9.55. The molecule has 1 amide bonds. The number of halogens is 1. The fourth-order valence-corrected chi connectivity index (χ4v) is 4.48. The average Bonchev–Trinajstić information content (AvgIpc) is 3.57. The van der Waals surface area contributed by atoms with Crippen molar-refractivity contribution in [2.45, 2.75) is 32.5 Å². The topological polar surface area (TPSA) is 155 Å². The summed E-state index contributed by atoms with van der Waals surface area (Å²) in [6.07, 6.45) is 2.71. The van der Waals surface area contributed by atoms with Crippen molar-refractivity contribution in [3.05, 3.63) is 71.1 Å². The second-order valence-corrected chi connectivity index (χ2v) is 10.7. The summed E-state index contributed by atoms with van der Waals surface area (Å²) in [4.78, 5) is 21.8. The van der Waals surface area contributed by atoms with Gasteiger partial charge >= 0.3 is 0 Å². The molecule has 11 nitrogen and oxygen atoms in total. The third-order valence-electron chi connectivity index (χ3n) is 6.03. The molecule has 1 atom stereocenters. The van der Waals surface area contributed by atoms with Gasteiger partial charge in [-0.2, -0.15) is 15.0 Å². The number of pyridine rings is 2. The number of hydrogen-bond acceptors (Lipinski definition) is 10. The third kappa shape index (κ3) is 5.63. The molecule has 0 unspecified atom stereocenters. The molecule has 0 radical (unpaired) electrons. The van der Waals surface area contributed by atoms with E-state index >= 15 is 0 Å². The summed E-state index contributed by atoms with van der Waals surface area (Å²) in [5, 5.41) is 39.7. The smallest absolute Gasteiger partial charge is 0.255 e. The molecule has 0 fully saturated rings. The summed E-state index contributed by atoms with van der Waals surface area (Å²) in [5.41, 5.74) is 1.40. The van der Waals surface area contributed by atoms with Crippen LogP contribution in [0.4, 0.5) is 15.8 Å². The molecule has 202 valence electrons. The van der Waals surface area contributed by atoms with E-state index in [0.717, 1.165) is 15.6 Å². The molecule has 5 aromatic rings. The van der Waals surface area contributed by atoms with Crippen LogP contribution in [0.3, 0.4) is 0 Å². The SMILES string of the molecule is Cc1nnc(-c2ccc(Nc3cc(-n4ncc5cc(C#N)cnc54)ncc3C(=O)NC[C@@H](F)C(C)(C)O)cc2)s1. The number of amides is 1. The Hall–Kier alpha value is -4.80. The van der Waals surface area contributed by atoms with Gasteiger partial charge in [-0.15, -0.1) is 10.2 Å². The summed E-state index contributed by atoms with van der Waals surface area (Å²) in [7, 11) is 0. The zero-order valence-corrected chi connectivity index (χ0v) is 22.6. The van der Waals surface area contributed by atoms with E-state index in [2.05, 4.69) is 42.0 Å². The predicted octanol–water partition coefficient (Wildman–Crippen LogP) is 4.10. The zero-order valence-electron chi connectivity index (χ0n) is 21.8.